The first kappa shape index (κ1) is 20.2. The molecule has 1 N–H and O–H groups in total. The summed E-state index contributed by atoms with van der Waals surface area (Å²) in [5, 5.41) is 3.13. The number of carbonyl (C=O) groups excluding carboxylic acids is 1. The van der Waals surface area contributed by atoms with Crippen molar-refractivity contribution in [3.8, 4) is 0 Å². The van der Waals surface area contributed by atoms with E-state index in [-0.39, 0.29) is 22.8 Å². The minimum Gasteiger partial charge on any atom is -0.427 e. The van der Waals surface area contributed by atoms with Crippen molar-refractivity contribution in [2.24, 2.45) is 5.41 Å². The van der Waals surface area contributed by atoms with Crippen molar-refractivity contribution < 1.29 is 9.21 Å². The molecule has 0 bridgehead atoms. The fourth-order valence-electron chi connectivity index (χ4n) is 3.86. The summed E-state index contributed by atoms with van der Waals surface area (Å²) in [4.78, 5) is 33.9. The van der Waals surface area contributed by atoms with Crippen LogP contribution in [0.15, 0.2) is 21.5 Å². The molecule has 0 aliphatic heterocycles. The molecule has 0 saturated heterocycles. The number of nitrogens with zero attached hydrogens (tertiary/aromatic N) is 2. The van der Waals surface area contributed by atoms with Crippen LogP contribution in [0, 0.1) is 19.3 Å². The monoisotopic (exact) mass is 383 g/mol. The summed E-state index contributed by atoms with van der Waals surface area (Å²) >= 11 is 0. The predicted octanol–water partition coefficient (Wildman–Crippen LogP) is 3.79. The van der Waals surface area contributed by atoms with Gasteiger partial charge in [0.25, 0.3) is 5.91 Å². The van der Waals surface area contributed by atoms with Crippen LogP contribution in [0.4, 0.5) is 0 Å². The Hall–Kier alpha value is -2.50. The smallest absolute Gasteiger partial charge is 0.336 e. The Labute approximate surface area is 165 Å². The maximum absolute atomic E-state index is 13.0. The van der Waals surface area contributed by atoms with Gasteiger partial charge < -0.3 is 9.73 Å². The highest BCUT2D eigenvalue weighted by atomic mass is 16.4. The van der Waals surface area contributed by atoms with Gasteiger partial charge in [0, 0.05) is 28.9 Å². The Bertz CT molecular complexity index is 957. The van der Waals surface area contributed by atoms with E-state index in [0.717, 1.165) is 29.9 Å². The number of aryl methyl sites for hydroxylation is 2. The summed E-state index contributed by atoms with van der Waals surface area (Å²) < 4.78 is 5.12. The van der Waals surface area contributed by atoms with E-state index in [2.05, 4.69) is 44.9 Å². The maximum Gasteiger partial charge on any atom is 0.336 e. The van der Waals surface area contributed by atoms with Crippen molar-refractivity contribution in [3.63, 3.8) is 0 Å². The molecule has 6 heteroatoms. The maximum atomic E-state index is 13.0. The SMILES string of the molecule is Cc1cc(=O)oc(C)c1C(=O)N[C@@H]1CC(C)(C)Cc2nc(C(C)(C)C)ncc21. The van der Waals surface area contributed by atoms with E-state index >= 15 is 0 Å². The Kier molecular flexibility index (Phi) is 4.94. The summed E-state index contributed by atoms with van der Waals surface area (Å²) in [7, 11) is 0. The third-order valence-corrected chi connectivity index (χ3v) is 5.22. The fourth-order valence-corrected chi connectivity index (χ4v) is 3.86. The van der Waals surface area contributed by atoms with E-state index < -0.39 is 5.63 Å². The van der Waals surface area contributed by atoms with E-state index in [1.54, 1.807) is 13.8 Å². The lowest BCUT2D eigenvalue weighted by Crippen LogP contribution is -2.38. The molecule has 2 aromatic rings. The average Bonchev–Trinajstić information content (AvgIpc) is 2.51. The van der Waals surface area contributed by atoms with E-state index in [4.69, 9.17) is 9.40 Å². The van der Waals surface area contributed by atoms with Crippen LogP contribution < -0.4 is 10.9 Å². The predicted molar refractivity (Wildman–Crippen MR) is 107 cm³/mol. The highest BCUT2D eigenvalue weighted by Gasteiger charge is 2.35. The molecule has 0 radical (unpaired) electrons. The molecule has 0 aromatic carbocycles. The van der Waals surface area contributed by atoms with Crippen molar-refractivity contribution in [2.45, 2.75) is 72.8 Å². The van der Waals surface area contributed by atoms with Crippen molar-refractivity contribution in [1.82, 2.24) is 15.3 Å². The Morgan fingerprint density at radius 2 is 1.96 bits per heavy atom. The third kappa shape index (κ3) is 4.01. The number of amides is 1. The lowest BCUT2D eigenvalue weighted by molar-refractivity contribution is 0.0914. The molecule has 0 spiro atoms. The summed E-state index contributed by atoms with van der Waals surface area (Å²) in [5.74, 6) is 0.898. The minimum atomic E-state index is -0.446. The fraction of sp³-hybridized carbons (Fsp3) is 0.545. The minimum absolute atomic E-state index is 0.00178. The van der Waals surface area contributed by atoms with Crippen LogP contribution in [0.25, 0.3) is 0 Å². The molecule has 2 heterocycles. The molecule has 0 saturated carbocycles. The Balaban J connectivity index is 1.98. The van der Waals surface area contributed by atoms with E-state index in [1.165, 1.54) is 6.07 Å². The zero-order valence-corrected chi connectivity index (χ0v) is 17.8. The summed E-state index contributed by atoms with van der Waals surface area (Å²) in [6.07, 6.45) is 3.49. The van der Waals surface area contributed by atoms with Crippen LogP contribution in [0.5, 0.6) is 0 Å². The highest BCUT2D eigenvalue weighted by Crippen LogP contribution is 2.40. The van der Waals surface area contributed by atoms with Gasteiger partial charge in [-0.25, -0.2) is 14.8 Å². The number of nitrogens with one attached hydrogen (secondary N) is 1. The van der Waals surface area contributed by atoms with E-state index in [0.29, 0.717) is 16.9 Å². The van der Waals surface area contributed by atoms with E-state index in [9.17, 15) is 9.59 Å². The first-order valence-electron chi connectivity index (χ1n) is 9.66. The van der Waals surface area contributed by atoms with Crippen molar-refractivity contribution in [3.05, 3.63) is 56.7 Å². The molecule has 3 rings (SSSR count). The van der Waals surface area contributed by atoms with Crippen LogP contribution in [-0.4, -0.2) is 15.9 Å². The molecule has 6 nitrogen and oxygen atoms in total. The molecule has 0 unspecified atom stereocenters. The van der Waals surface area contributed by atoms with Gasteiger partial charge in [0.1, 0.15) is 11.6 Å². The molecular weight excluding hydrogens is 354 g/mol. The summed E-state index contributed by atoms with van der Waals surface area (Å²) in [5.41, 5.74) is 2.41. The highest BCUT2D eigenvalue weighted by molar-refractivity contribution is 5.96. The quantitative estimate of drug-likeness (QED) is 0.853. The van der Waals surface area contributed by atoms with Gasteiger partial charge in [-0.15, -0.1) is 0 Å². The largest absolute Gasteiger partial charge is 0.427 e. The van der Waals surface area contributed by atoms with Gasteiger partial charge in [-0.2, -0.15) is 0 Å². The second-order valence-electron chi connectivity index (χ2n) is 9.60. The molecule has 1 aliphatic rings. The van der Waals surface area contributed by atoms with Gasteiger partial charge in [-0.1, -0.05) is 34.6 Å². The molecule has 1 atom stereocenters. The van der Waals surface area contributed by atoms with Crippen LogP contribution in [0.1, 0.15) is 85.8 Å². The van der Waals surface area contributed by atoms with Crippen molar-refractivity contribution in [2.75, 3.05) is 0 Å². The zero-order valence-electron chi connectivity index (χ0n) is 17.8. The van der Waals surface area contributed by atoms with Gasteiger partial charge in [0.15, 0.2) is 0 Å². The Morgan fingerprint density at radius 3 is 2.57 bits per heavy atom. The van der Waals surface area contributed by atoms with Crippen molar-refractivity contribution in [1.29, 1.82) is 0 Å². The third-order valence-electron chi connectivity index (χ3n) is 5.22. The van der Waals surface area contributed by atoms with Gasteiger partial charge in [0.2, 0.25) is 0 Å². The molecule has 0 fully saturated rings. The van der Waals surface area contributed by atoms with Gasteiger partial charge in [-0.3, -0.25) is 4.79 Å². The molecule has 1 amide bonds. The second kappa shape index (κ2) is 6.83. The molecule has 150 valence electrons. The van der Waals surface area contributed by atoms with Crippen LogP contribution in [0.2, 0.25) is 0 Å². The molecule has 1 aliphatic carbocycles. The number of hydrogen-bond acceptors (Lipinski definition) is 5. The van der Waals surface area contributed by atoms with Gasteiger partial charge in [0.05, 0.1) is 11.6 Å². The molecule has 2 aromatic heterocycles. The first-order chi connectivity index (χ1) is 12.9. The number of carbonyl (C=O) groups is 1. The summed E-state index contributed by atoms with van der Waals surface area (Å²) in [6.45, 7) is 14.0. The second-order valence-corrected chi connectivity index (χ2v) is 9.60. The topological polar surface area (TPSA) is 85.1 Å². The molecular formula is C22H29N3O3. The normalized spacial score (nSPS) is 18.5. The zero-order chi connectivity index (χ0) is 20.9. The van der Waals surface area contributed by atoms with Crippen LogP contribution >= 0.6 is 0 Å². The van der Waals surface area contributed by atoms with Crippen molar-refractivity contribution >= 4 is 5.91 Å². The van der Waals surface area contributed by atoms with Crippen LogP contribution in [-0.2, 0) is 11.8 Å². The first-order valence-corrected chi connectivity index (χ1v) is 9.66. The lowest BCUT2D eigenvalue weighted by atomic mass is 9.74. The van der Waals surface area contributed by atoms with E-state index in [1.807, 2.05) is 6.20 Å². The van der Waals surface area contributed by atoms with Crippen LogP contribution in [0.3, 0.4) is 0 Å². The summed E-state index contributed by atoms with van der Waals surface area (Å²) in [6, 6.07) is 1.16. The number of hydrogen-bond donors (Lipinski definition) is 1. The lowest BCUT2D eigenvalue weighted by Gasteiger charge is -2.37. The van der Waals surface area contributed by atoms with Gasteiger partial charge in [-0.05, 0) is 37.7 Å². The molecule has 28 heavy (non-hydrogen) atoms. The average molecular weight is 383 g/mol. The van der Waals surface area contributed by atoms with Gasteiger partial charge >= 0.3 is 5.63 Å². The number of aromatic nitrogens is 2. The Morgan fingerprint density at radius 1 is 1.29 bits per heavy atom. The number of fused-ring (bicyclic) bond motifs is 1. The standard InChI is InChI=1S/C22H29N3O3/c1-12-8-17(26)28-13(2)18(12)19(27)24-15-9-22(6,7)10-16-14(15)11-23-20(25-16)21(3,4)5/h8,11,15H,9-10H2,1-7H3,(H,24,27)/t15-/m1/s1. The number of rotatable bonds is 2.